The lowest BCUT2D eigenvalue weighted by atomic mass is 9.72. The lowest BCUT2D eigenvalue weighted by Crippen LogP contribution is -2.37. The van der Waals surface area contributed by atoms with Crippen molar-refractivity contribution in [1.29, 1.82) is 5.41 Å². The fraction of sp³-hybridized carbons (Fsp3) is 0.312. The first-order chi connectivity index (χ1) is 11.6. The normalized spacial score (nSPS) is 20.0. The molecule has 0 saturated heterocycles. The molecular formula is C16H17N7O. The fourth-order valence-electron chi connectivity index (χ4n) is 3.16. The van der Waals surface area contributed by atoms with E-state index in [2.05, 4.69) is 20.1 Å². The topological polar surface area (TPSA) is 126 Å². The molecule has 1 aliphatic carbocycles. The summed E-state index contributed by atoms with van der Waals surface area (Å²) in [5.74, 6) is 0.646. The summed E-state index contributed by atoms with van der Waals surface area (Å²) in [7, 11) is 0. The molecule has 2 atom stereocenters. The Hall–Kier alpha value is -3.03. The van der Waals surface area contributed by atoms with Gasteiger partial charge in [0.05, 0.1) is 23.9 Å². The van der Waals surface area contributed by atoms with Gasteiger partial charge in [-0.1, -0.05) is 0 Å². The van der Waals surface area contributed by atoms with Crippen LogP contribution in [-0.2, 0) is 0 Å². The van der Waals surface area contributed by atoms with Gasteiger partial charge >= 0.3 is 0 Å². The highest BCUT2D eigenvalue weighted by atomic mass is 16.1. The zero-order valence-electron chi connectivity index (χ0n) is 13.2. The molecule has 122 valence electrons. The summed E-state index contributed by atoms with van der Waals surface area (Å²) < 4.78 is 1.64. The number of fused-ring (bicyclic) bond motifs is 1. The molecule has 0 radical (unpaired) electrons. The van der Waals surface area contributed by atoms with E-state index in [4.69, 9.17) is 11.1 Å². The first kappa shape index (κ1) is 14.6. The Morgan fingerprint density at radius 2 is 2.25 bits per heavy atom. The third kappa shape index (κ3) is 2.10. The van der Waals surface area contributed by atoms with E-state index in [-0.39, 0.29) is 23.2 Å². The van der Waals surface area contributed by atoms with Crippen molar-refractivity contribution in [2.45, 2.75) is 25.7 Å². The monoisotopic (exact) mass is 323 g/mol. The SMILES string of the molecule is Cc1ccncc1-n1ncc2c(=O)[nH]c([C@@H]3CC[C@H]3C(=N)N)nc21. The van der Waals surface area contributed by atoms with Gasteiger partial charge in [0.1, 0.15) is 11.2 Å². The predicted molar refractivity (Wildman–Crippen MR) is 89.4 cm³/mol. The average molecular weight is 323 g/mol. The molecule has 3 heterocycles. The number of aromatic amines is 1. The van der Waals surface area contributed by atoms with Crippen LogP contribution in [0.3, 0.4) is 0 Å². The molecule has 1 fully saturated rings. The van der Waals surface area contributed by atoms with Gasteiger partial charge in [0, 0.05) is 18.0 Å². The van der Waals surface area contributed by atoms with E-state index in [9.17, 15) is 4.79 Å². The summed E-state index contributed by atoms with van der Waals surface area (Å²) in [6.07, 6.45) is 6.64. The Morgan fingerprint density at radius 1 is 1.42 bits per heavy atom. The van der Waals surface area contributed by atoms with Crippen molar-refractivity contribution >= 4 is 16.9 Å². The summed E-state index contributed by atoms with van der Waals surface area (Å²) in [5.41, 5.74) is 7.68. The smallest absolute Gasteiger partial charge is 0.262 e. The Labute approximate surface area is 137 Å². The average Bonchev–Trinajstić information content (AvgIpc) is 2.90. The molecular weight excluding hydrogens is 306 g/mol. The largest absolute Gasteiger partial charge is 0.387 e. The number of amidine groups is 1. The van der Waals surface area contributed by atoms with Crippen LogP contribution in [-0.4, -0.2) is 30.6 Å². The first-order valence-electron chi connectivity index (χ1n) is 7.79. The minimum Gasteiger partial charge on any atom is -0.387 e. The van der Waals surface area contributed by atoms with Gasteiger partial charge in [-0.3, -0.25) is 15.2 Å². The van der Waals surface area contributed by atoms with Crippen LogP contribution < -0.4 is 11.3 Å². The van der Waals surface area contributed by atoms with Crippen LogP contribution in [0.15, 0.2) is 29.5 Å². The second-order valence-corrected chi connectivity index (χ2v) is 6.15. The van der Waals surface area contributed by atoms with E-state index in [1.807, 2.05) is 13.0 Å². The predicted octanol–water partition coefficient (Wildman–Crippen LogP) is 1.24. The lowest BCUT2D eigenvalue weighted by Gasteiger charge is -2.34. The maximum absolute atomic E-state index is 12.4. The number of aromatic nitrogens is 5. The van der Waals surface area contributed by atoms with Gasteiger partial charge < -0.3 is 10.7 Å². The van der Waals surface area contributed by atoms with E-state index < -0.39 is 0 Å². The van der Waals surface area contributed by atoms with Crippen molar-refractivity contribution in [2.75, 3.05) is 0 Å². The Morgan fingerprint density at radius 3 is 2.92 bits per heavy atom. The number of nitrogens with one attached hydrogen (secondary N) is 2. The quantitative estimate of drug-likeness (QED) is 0.494. The zero-order valence-corrected chi connectivity index (χ0v) is 13.2. The molecule has 4 rings (SSSR count). The van der Waals surface area contributed by atoms with Gasteiger partial charge in [-0.05, 0) is 31.4 Å². The van der Waals surface area contributed by atoms with Crippen LogP contribution in [0.4, 0.5) is 0 Å². The molecule has 1 saturated carbocycles. The van der Waals surface area contributed by atoms with E-state index in [1.54, 1.807) is 17.1 Å². The summed E-state index contributed by atoms with van der Waals surface area (Å²) in [6.45, 7) is 1.95. The highest BCUT2D eigenvalue weighted by molar-refractivity contribution is 5.81. The zero-order chi connectivity index (χ0) is 16.8. The molecule has 3 aromatic heterocycles. The van der Waals surface area contributed by atoms with E-state index >= 15 is 0 Å². The molecule has 1 aliphatic rings. The standard InChI is InChI=1S/C16H17N7O/c1-8-4-5-19-7-12(8)23-15-11(6-20-23)16(24)22-14(21-15)10-3-2-9(10)13(17)18/h4-7,9-10H,2-3H2,1H3,(H3,17,18)(H,21,22,24)/t9-,10-/m1/s1. The second-order valence-electron chi connectivity index (χ2n) is 6.15. The van der Waals surface area contributed by atoms with Crippen molar-refractivity contribution in [1.82, 2.24) is 24.7 Å². The number of aryl methyl sites for hydroxylation is 1. The molecule has 0 aliphatic heterocycles. The number of nitrogens with two attached hydrogens (primary N) is 1. The lowest BCUT2D eigenvalue weighted by molar-refractivity contribution is 0.322. The van der Waals surface area contributed by atoms with Crippen molar-refractivity contribution < 1.29 is 0 Å². The maximum atomic E-state index is 12.4. The van der Waals surface area contributed by atoms with Crippen molar-refractivity contribution in [3.05, 3.63) is 46.4 Å². The van der Waals surface area contributed by atoms with Crippen LogP contribution in [0.25, 0.3) is 16.7 Å². The van der Waals surface area contributed by atoms with Crippen LogP contribution in [0.5, 0.6) is 0 Å². The third-order valence-corrected chi connectivity index (χ3v) is 4.72. The number of H-pyrrole nitrogens is 1. The van der Waals surface area contributed by atoms with Crippen molar-refractivity contribution in [3.8, 4) is 5.69 Å². The molecule has 8 heteroatoms. The first-order valence-corrected chi connectivity index (χ1v) is 7.79. The third-order valence-electron chi connectivity index (χ3n) is 4.72. The minimum atomic E-state index is -0.225. The Kier molecular flexibility index (Phi) is 3.19. The van der Waals surface area contributed by atoms with Gasteiger partial charge in [0.2, 0.25) is 0 Å². The van der Waals surface area contributed by atoms with E-state index in [0.29, 0.717) is 16.9 Å². The summed E-state index contributed by atoms with van der Waals surface area (Å²) in [4.78, 5) is 24.0. The van der Waals surface area contributed by atoms with Crippen LogP contribution in [0.2, 0.25) is 0 Å². The van der Waals surface area contributed by atoms with Gasteiger partial charge in [-0.2, -0.15) is 5.10 Å². The Balaban J connectivity index is 1.88. The highest BCUT2D eigenvalue weighted by Crippen LogP contribution is 2.40. The summed E-state index contributed by atoms with van der Waals surface area (Å²) in [5, 5.41) is 12.4. The van der Waals surface area contributed by atoms with Gasteiger partial charge in [-0.15, -0.1) is 0 Å². The molecule has 24 heavy (non-hydrogen) atoms. The van der Waals surface area contributed by atoms with Crippen molar-refractivity contribution in [2.24, 2.45) is 11.7 Å². The molecule has 4 N–H and O–H groups in total. The van der Waals surface area contributed by atoms with E-state index in [0.717, 1.165) is 24.1 Å². The number of hydrogen-bond acceptors (Lipinski definition) is 5. The van der Waals surface area contributed by atoms with Crippen LogP contribution >= 0.6 is 0 Å². The molecule has 0 unspecified atom stereocenters. The van der Waals surface area contributed by atoms with Crippen molar-refractivity contribution in [3.63, 3.8) is 0 Å². The molecule has 0 spiro atoms. The minimum absolute atomic E-state index is 0.0158. The second kappa shape index (κ2) is 5.26. The van der Waals surface area contributed by atoms with Gasteiger partial charge in [0.15, 0.2) is 5.65 Å². The van der Waals surface area contributed by atoms with Crippen LogP contribution in [0, 0.1) is 18.3 Å². The highest BCUT2D eigenvalue weighted by Gasteiger charge is 2.36. The number of rotatable bonds is 3. The molecule has 0 amide bonds. The number of nitrogens with zero attached hydrogens (tertiary/aromatic N) is 4. The number of pyridine rings is 1. The Bertz CT molecular complexity index is 1000. The molecule has 0 bridgehead atoms. The van der Waals surface area contributed by atoms with Crippen LogP contribution in [0.1, 0.15) is 30.1 Å². The molecule has 8 nitrogen and oxygen atoms in total. The summed E-state index contributed by atoms with van der Waals surface area (Å²) >= 11 is 0. The van der Waals surface area contributed by atoms with Gasteiger partial charge in [-0.25, -0.2) is 9.67 Å². The molecule has 3 aromatic rings. The fourth-order valence-corrected chi connectivity index (χ4v) is 3.16. The van der Waals surface area contributed by atoms with E-state index in [1.165, 1.54) is 6.20 Å². The summed E-state index contributed by atoms with van der Waals surface area (Å²) in [6, 6.07) is 1.88. The maximum Gasteiger partial charge on any atom is 0.262 e. The molecule has 0 aromatic carbocycles. The number of hydrogen-bond donors (Lipinski definition) is 3. The van der Waals surface area contributed by atoms with Gasteiger partial charge in [0.25, 0.3) is 5.56 Å².